The largest absolute Gasteiger partial charge is 0.340 e. The van der Waals surface area contributed by atoms with Gasteiger partial charge in [-0.05, 0) is 24.3 Å². The highest BCUT2D eigenvalue weighted by Crippen LogP contribution is 2.28. The summed E-state index contributed by atoms with van der Waals surface area (Å²) in [5.41, 5.74) is 6.54. The second-order valence-electron chi connectivity index (χ2n) is 5.83. The Bertz CT molecular complexity index is 1220. The third-order valence-electron chi connectivity index (χ3n) is 4.18. The molecule has 0 unspecified atom stereocenters. The zero-order valence-electron chi connectivity index (χ0n) is 13.6. The summed E-state index contributed by atoms with van der Waals surface area (Å²) < 4.78 is 1.17. The molecule has 0 aliphatic rings. The first-order chi connectivity index (χ1) is 12.9. The number of nitrogens with one attached hydrogen (secondary N) is 1. The summed E-state index contributed by atoms with van der Waals surface area (Å²) in [6, 6.07) is 18.2. The Morgan fingerprint density at radius 3 is 2.65 bits per heavy atom. The number of pyridine rings is 1. The van der Waals surface area contributed by atoms with Crippen LogP contribution in [0.5, 0.6) is 0 Å². The van der Waals surface area contributed by atoms with Crippen molar-refractivity contribution in [2.75, 3.05) is 5.32 Å². The molecule has 0 bridgehead atoms. The molecule has 5 rings (SSSR count). The molecule has 5 nitrogen and oxygen atoms in total. The van der Waals surface area contributed by atoms with E-state index in [9.17, 15) is 0 Å². The minimum Gasteiger partial charge on any atom is -0.340 e. The molecule has 0 amide bonds. The number of nitrogens with zero attached hydrogens (tertiary/aromatic N) is 4. The fraction of sp³-hybridized carbons (Fsp3) is 0. The molecule has 0 atom stereocenters. The van der Waals surface area contributed by atoms with Gasteiger partial charge in [-0.25, -0.2) is 15.0 Å². The van der Waals surface area contributed by atoms with Gasteiger partial charge in [0.1, 0.15) is 12.1 Å². The monoisotopic (exact) mass is 355 g/mol. The molecule has 0 fully saturated rings. The molecule has 3 heterocycles. The average molecular weight is 355 g/mol. The summed E-state index contributed by atoms with van der Waals surface area (Å²) in [5, 5.41) is 4.32. The van der Waals surface area contributed by atoms with Gasteiger partial charge in [0, 0.05) is 16.6 Å². The van der Waals surface area contributed by atoms with E-state index in [1.165, 1.54) is 4.70 Å². The number of benzene rings is 2. The van der Waals surface area contributed by atoms with Crippen LogP contribution < -0.4 is 5.32 Å². The lowest BCUT2D eigenvalue weighted by atomic mass is 10.1. The summed E-state index contributed by atoms with van der Waals surface area (Å²) in [4.78, 5) is 17.7. The van der Waals surface area contributed by atoms with Crippen molar-refractivity contribution in [3.8, 4) is 11.3 Å². The predicted molar refractivity (Wildman–Crippen MR) is 106 cm³/mol. The van der Waals surface area contributed by atoms with Crippen molar-refractivity contribution < 1.29 is 0 Å². The number of thiazole rings is 1. The minimum atomic E-state index is 0.754. The molecule has 124 valence electrons. The highest BCUT2D eigenvalue weighted by molar-refractivity contribution is 7.16. The molecule has 0 aliphatic carbocycles. The predicted octanol–water partition coefficient (Wildman–Crippen LogP) is 5.05. The van der Waals surface area contributed by atoms with Crippen molar-refractivity contribution in [2.45, 2.75) is 0 Å². The Hall–Kier alpha value is -3.38. The molecule has 0 aliphatic heterocycles. The number of hydrogen-bond donors (Lipinski definition) is 1. The molecule has 0 saturated carbocycles. The zero-order valence-corrected chi connectivity index (χ0v) is 14.4. The van der Waals surface area contributed by atoms with E-state index in [0.717, 1.165) is 39.2 Å². The van der Waals surface area contributed by atoms with Gasteiger partial charge in [-0.1, -0.05) is 30.3 Å². The van der Waals surface area contributed by atoms with E-state index < -0.39 is 0 Å². The van der Waals surface area contributed by atoms with Gasteiger partial charge in [-0.3, -0.25) is 4.98 Å². The van der Waals surface area contributed by atoms with Gasteiger partial charge in [0.2, 0.25) is 0 Å². The van der Waals surface area contributed by atoms with Gasteiger partial charge in [0.25, 0.3) is 0 Å². The highest BCUT2D eigenvalue weighted by atomic mass is 32.1. The van der Waals surface area contributed by atoms with Crippen LogP contribution in [0.1, 0.15) is 0 Å². The number of fused-ring (bicyclic) bond motifs is 2. The second kappa shape index (κ2) is 6.16. The van der Waals surface area contributed by atoms with E-state index in [0.29, 0.717) is 0 Å². The standard InChI is InChI=1S/C20H13N5S/c1-2-4-13(5-3-1)16-9-15-18(10-21-16)22-11-23-20(15)25-14-6-7-19-17(8-14)24-12-26-19/h1-12H,(H,22,23,25). The van der Waals surface area contributed by atoms with Crippen molar-refractivity contribution in [3.05, 3.63) is 72.6 Å². The van der Waals surface area contributed by atoms with Gasteiger partial charge < -0.3 is 5.32 Å². The summed E-state index contributed by atoms with van der Waals surface area (Å²) in [6.07, 6.45) is 3.34. The molecule has 1 N–H and O–H groups in total. The molecule has 6 heteroatoms. The average Bonchev–Trinajstić information content (AvgIpc) is 3.16. The lowest BCUT2D eigenvalue weighted by Gasteiger charge is -2.09. The van der Waals surface area contributed by atoms with Crippen molar-refractivity contribution in [1.29, 1.82) is 0 Å². The number of anilines is 2. The lowest BCUT2D eigenvalue weighted by molar-refractivity contribution is 1.20. The quantitative estimate of drug-likeness (QED) is 0.491. The Labute approximate surface area is 153 Å². The van der Waals surface area contributed by atoms with E-state index in [4.69, 9.17) is 0 Å². The molecule has 2 aromatic carbocycles. The smallest absolute Gasteiger partial charge is 0.141 e. The number of hydrogen-bond acceptors (Lipinski definition) is 6. The van der Waals surface area contributed by atoms with Gasteiger partial charge in [0.05, 0.1) is 33.1 Å². The van der Waals surface area contributed by atoms with E-state index >= 15 is 0 Å². The van der Waals surface area contributed by atoms with Crippen LogP contribution in [0.25, 0.3) is 32.4 Å². The Balaban J connectivity index is 1.60. The molecule has 0 spiro atoms. The normalized spacial score (nSPS) is 11.1. The van der Waals surface area contributed by atoms with Crippen LogP contribution in [0.2, 0.25) is 0 Å². The fourth-order valence-electron chi connectivity index (χ4n) is 2.90. The Kier molecular flexibility index (Phi) is 3.54. The Morgan fingerprint density at radius 1 is 0.808 bits per heavy atom. The molecule has 26 heavy (non-hydrogen) atoms. The molecule has 5 aromatic rings. The first-order valence-corrected chi connectivity index (χ1v) is 9.01. The van der Waals surface area contributed by atoms with E-state index in [1.807, 2.05) is 54.0 Å². The molecule has 0 radical (unpaired) electrons. The maximum atomic E-state index is 4.53. The summed E-state index contributed by atoms with van der Waals surface area (Å²) >= 11 is 1.63. The van der Waals surface area contributed by atoms with Crippen molar-refractivity contribution in [3.63, 3.8) is 0 Å². The van der Waals surface area contributed by atoms with E-state index in [1.54, 1.807) is 23.9 Å². The van der Waals surface area contributed by atoms with Crippen molar-refractivity contribution in [2.24, 2.45) is 0 Å². The van der Waals surface area contributed by atoms with Crippen molar-refractivity contribution >= 4 is 44.0 Å². The third kappa shape index (κ3) is 2.66. The summed E-state index contributed by atoms with van der Waals surface area (Å²) in [5.74, 6) is 0.754. The maximum Gasteiger partial charge on any atom is 0.141 e. The fourth-order valence-corrected chi connectivity index (χ4v) is 3.56. The minimum absolute atomic E-state index is 0.754. The lowest BCUT2D eigenvalue weighted by Crippen LogP contribution is -1.97. The van der Waals surface area contributed by atoms with Crippen molar-refractivity contribution in [1.82, 2.24) is 19.9 Å². The van der Waals surface area contributed by atoms with Crippen LogP contribution in [-0.4, -0.2) is 19.9 Å². The molecular weight excluding hydrogens is 342 g/mol. The highest BCUT2D eigenvalue weighted by Gasteiger charge is 2.08. The van der Waals surface area contributed by atoms with Gasteiger partial charge in [-0.2, -0.15) is 0 Å². The van der Waals surface area contributed by atoms with Crippen LogP contribution in [0.4, 0.5) is 11.5 Å². The van der Waals surface area contributed by atoms with Crippen LogP contribution >= 0.6 is 11.3 Å². The van der Waals surface area contributed by atoms with E-state index in [2.05, 4.69) is 31.3 Å². The van der Waals surface area contributed by atoms with Gasteiger partial charge >= 0.3 is 0 Å². The number of aromatic nitrogens is 4. The second-order valence-corrected chi connectivity index (χ2v) is 6.72. The maximum absolute atomic E-state index is 4.53. The van der Waals surface area contributed by atoms with Crippen LogP contribution in [0.15, 0.2) is 72.6 Å². The topological polar surface area (TPSA) is 63.6 Å². The van der Waals surface area contributed by atoms with Crippen LogP contribution in [0.3, 0.4) is 0 Å². The zero-order chi connectivity index (χ0) is 17.3. The molecular formula is C20H13N5S. The summed E-state index contributed by atoms with van der Waals surface area (Å²) in [6.45, 7) is 0. The van der Waals surface area contributed by atoms with Gasteiger partial charge in [-0.15, -0.1) is 11.3 Å². The first-order valence-electron chi connectivity index (χ1n) is 8.13. The molecule has 3 aromatic heterocycles. The third-order valence-corrected chi connectivity index (χ3v) is 4.99. The van der Waals surface area contributed by atoms with Gasteiger partial charge in [0.15, 0.2) is 0 Å². The Morgan fingerprint density at radius 2 is 1.73 bits per heavy atom. The SMILES string of the molecule is c1ccc(-c2cc3c(Nc4ccc5scnc5c4)ncnc3cn2)cc1. The number of rotatable bonds is 3. The molecule has 0 saturated heterocycles. The van der Waals surface area contributed by atoms with Crippen LogP contribution in [-0.2, 0) is 0 Å². The van der Waals surface area contributed by atoms with Crippen LogP contribution in [0, 0.1) is 0 Å². The summed E-state index contributed by atoms with van der Waals surface area (Å²) in [7, 11) is 0. The first kappa shape index (κ1) is 14.9. The van der Waals surface area contributed by atoms with E-state index in [-0.39, 0.29) is 0 Å².